The zero-order valence-corrected chi connectivity index (χ0v) is 20.6. The SMILES string of the molecule is CC12CCC(=O)N1c1ccccc1C(=O)N2CCC(=O)NC(Cc1ccccc1)C(=O)N1CCCC1. The molecule has 2 fully saturated rings. The second-order valence-corrected chi connectivity index (χ2v) is 10.0. The van der Waals surface area contributed by atoms with Crippen LogP contribution in [0.15, 0.2) is 54.6 Å². The van der Waals surface area contributed by atoms with Crippen LogP contribution >= 0.6 is 0 Å². The van der Waals surface area contributed by atoms with Crippen molar-refractivity contribution >= 4 is 29.3 Å². The maximum absolute atomic E-state index is 13.4. The molecule has 0 aromatic heterocycles. The molecular formula is C28H32N4O4. The molecule has 0 radical (unpaired) electrons. The lowest BCUT2D eigenvalue weighted by atomic mass is 9.98. The first-order valence-corrected chi connectivity index (χ1v) is 12.7. The van der Waals surface area contributed by atoms with Crippen LogP contribution < -0.4 is 10.2 Å². The summed E-state index contributed by atoms with van der Waals surface area (Å²) in [5.41, 5.74) is 1.27. The van der Waals surface area contributed by atoms with E-state index in [1.807, 2.05) is 48.2 Å². The van der Waals surface area contributed by atoms with Crippen molar-refractivity contribution in [3.8, 4) is 0 Å². The highest BCUT2D eigenvalue weighted by atomic mass is 16.2. The fourth-order valence-corrected chi connectivity index (χ4v) is 5.73. The molecule has 8 nitrogen and oxygen atoms in total. The fraction of sp³-hybridized carbons (Fsp3) is 0.429. The maximum Gasteiger partial charge on any atom is 0.257 e. The van der Waals surface area contributed by atoms with Crippen LogP contribution in [0.2, 0.25) is 0 Å². The number of fused-ring (bicyclic) bond motifs is 3. The van der Waals surface area contributed by atoms with Crippen LogP contribution in [0.1, 0.15) is 54.9 Å². The number of para-hydroxylation sites is 1. The zero-order chi connectivity index (χ0) is 25.3. The van der Waals surface area contributed by atoms with Crippen LogP contribution in [0, 0.1) is 0 Å². The van der Waals surface area contributed by atoms with Crippen molar-refractivity contribution in [1.82, 2.24) is 15.1 Å². The highest BCUT2D eigenvalue weighted by Crippen LogP contribution is 2.43. The summed E-state index contributed by atoms with van der Waals surface area (Å²) in [6.07, 6.45) is 3.28. The number of amides is 4. The molecule has 36 heavy (non-hydrogen) atoms. The Hall–Kier alpha value is -3.68. The van der Waals surface area contributed by atoms with E-state index >= 15 is 0 Å². The molecule has 0 spiro atoms. The summed E-state index contributed by atoms with van der Waals surface area (Å²) in [6, 6.07) is 16.1. The maximum atomic E-state index is 13.4. The molecule has 5 rings (SSSR count). The van der Waals surface area contributed by atoms with Gasteiger partial charge in [0, 0.05) is 38.9 Å². The van der Waals surface area contributed by atoms with Crippen molar-refractivity contribution in [1.29, 1.82) is 0 Å². The third-order valence-corrected chi connectivity index (χ3v) is 7.64. The third kappa shape index (κ3) is 4.36. The summed E-state index contributed by atoms with van der Waals surface area (Å²) in [7, 11) is 0. The fourth-order valence-electron chi connectivity index (χ4n) is 5.73. The number of anilines is 1. The number of hydrogen-bond acceptors (Lipinski definition) is 4. The van der Waals surface area contributed by atoms with Crippen molar-refractivity contribution in [3.05, 3.63) is 65.7 Å². The van der Waals surface area contributed by atoms with E-state index in [4.69, 9.17) is 0 Å². The van der Waals surface area contributed by atoms with Crippen molar-refractivity contribution in [3.63, 3.8) is 0 Å². The molecule has 188 valence electrons. The van der Waals surface area contributed by atoms with Crippen LogP contribution in [-0.4, -0.2) is 64.8 Å². The Morgan fingerprint density at radius 3 is 2.44 bits per heavy atom. The Morgan fingerprint density at radius 2 is 1.69 bits per heavy atom. The number of hydrogen-bond donors (Lipinski definition) is 1. The van der Waals surface area contributed by atoms with Gasteiger partial charge in [0.15, 0.2) is 0 Å². The van der Waals surface area contributed by atoms with Gasteiger partial charge in [-0.1, -0.05) is 42.5 Å². The van der Waals surface area contributed by atoms with E-state index in [-0.39, 0.29) is 36.6 Å². The summed E-state index contributed by atoms with van der Waals surface area (Å²) in [4.78, 5) is 57.7. The van der Waals surface area contributed by atoms with Crippen LogP contribution in [0.5, 0.6) is 0 Å². The van der Waals surface area contributed by atoms with Crippen molar-refractivity contribution < 1.29 is 19.2 Å². The van der Waals surface area contributed by atoms with E-state index < -0.39 is 11.7 Å². The lowest BCUT2D eigenvalue weighted by molar-refractivity contribution is -0.135. The van der Waals surface area contributed by atoms with E-state index in [2.05, 4.69) is 5.32 Å². The summed E-state index contributed by atoms with van der Waals surface area (Å²) in [5, 5.41) is 2.95. The molecule has 2 atom stereocenters. The quantitative estimate of drug-likeness (QED) is 0.649. The Labute approximate surface area is 211 Å². The average Bonchev–Trinajstić information content (AvgIpc) is 3.52. The van der Waals surface area contributed by atoms with Gasteiger partial charge in [0.25, 0.3) is 5.91 Å². The van der Waals surface area contributed by atoms with Gasteiger partial charge in [-0.3, -0.25) is 24.1 Å². The minimum Gasteiger partial charge on any atom is -0.344 e. The molecule has 3 aliphatic heterocycles. The van der Waals surface area contributed by atoms with Gasteiger partial charge in [-0.25, -0.2) is 0 Å². The molecular weight excluding hydrogens is 456 g/mol. The number of likely N-dealkylation sites (tertiary alicyclic amines) is 1. The van der Waals surface area contributed by atoms with Crippen molar-refractivity contribution in [2.45, 2.75) is 57.2 Å². The van der Waals surface area contributed by atoms with Crippen molar-refractivity contribution in [2.75, 3.05) is 24.5 Å². The van der Waals surface area contributed by atoms with Gasteiger partial charge in [-0.15, -0.1) is 0 Å². The van der Waals surface area contributed by atoms with Crippen LogP contribution in [-0.2, 0) is 20.8 Å². The van der Waals surface area contributed by atoms with E-state index in [9.17, 15) is 19.2 Å². The van der Waals surface area contributed by atoms with E-state index in [0.717, 1.165) is 18.4 Å². The number of nitrogens with zero attached hydrogens (tertiary/aromatic N) is 3. The Kier molecular flexibility index (Phi) is 6.51. The highest BCUT2D eigenvalue weighted by molar-refractivity contribution is 6.10. The molecule has 8 heteroatoms. The minimum atomic E-state index is -0.808. The first-order valence-electron chi connectivity index (χ1n) is 12.7. The molecule has 2 aromatic carbocycles. The Bertz CT molecular complexity index is 1180. The predicted octanol–water partition coefficient (Wildman–Crippen LogP) is 2.73. The molecule has 0 bridgehead atoms. The number of carbonyl (C=O) groups is 4. The van der Waals surface area contributed by atoms with Crippen LogP contribution in [0.3, 0.4) is 0 Å². The topological polar surface area (TPSA) is 90.0 Å². The van der Waals surface area contributed by atoms with Crippen LogP contribution in [0.4, 0.5) is 5.69 Å². The van der Waals surface area contributed by atoms with E-state index in [1.54, 1.807) is 28.0 Å². The first-order chi connectivity index (χ1) is 17.4. The van der Waals surface area contributed by atoms with E-state index in [1.165, 1.54) is 0 Å². The molecule has 2 aromatic rings. The molecule has 2 unspecified atom stereocenters. The molecule has 3 aliphatic rings. The van der Waals surface area contributed by atoms with Gasteiger partial charge < -0.3 is 15.1 Å². The summed E-state index contributed by atoms with van der Waals surface area (Å²) in [6.45, 7) is 3.47. The lowest BCUT2D eigenvalue weighted by Crippen LogP contribution is -2.62. The van der Waals surface area contributed by atoms with Gasteiger partial charge in [0.2, 0.25) is 17.7 Å². The number of rotatable bonds is 7. The highest BCUT2D eigenvalue weighted by Gasteiger charge is 2.52. The standard InChI is InChI=1S/C28H32N4O4/c1-28-15-13-25(34)32(28)23-12-6-5-11-21(23)26(35)31(28)18-14-24(33)29-22(19-20-9-3-2-4-10-20)27(36)30-16-7-8-17-30/h2-6,9-12,22H,7-8,13-19H2,1H3,(H,29,33). The van der Waals surface area contributed by atoms with Gasteiger partial charge in [0.1, 0.15) is 11.7 Å². The average molecular weight is 489 g/mol. The Morgan fingerprint density at radius 1 is 1.00 bits per heavy atom. The molecule has 2 saturated heterocycles. The largest absolute Gasteiger partial charge is 0.344 e. The number of nitrogens with one attached hydrogen (secondary N) is 1. The van der Waals surface area contributed by atoms with Gasteiger partial charge >= 0.3 is 0 Å². The van der Waals surface area contributed by atoms with Crippen LogP contribution in [0.25, 0.3) is 0 Å². The van der Waals surface area contributed by atoms with Crippen molar-refractivity contribution in [2.24, 2.45) is 0 Å². The van der Waals surface area contributed by atoms with Gasteiger partial charge in [-0.2, -0.15) is 0 Å². The second kappa shape index (κ2) is 9.76. The molecule has 3 heterocycles. The minimum absolute atomic E-state index is 0.0222. The monoisotopic (exact) mass is 488 g/mol. The predicted molar refractivity (Wildman–Crippen MR) is 135 cm³/mol. The van der Waals surface area contributed by atoms with Gasteiger partial charge in [0.05, 0.1) is 11.3 Å². The summed E-state index contributed by atoms with van der Waals surface area (Å²) >= 11 is 0. The number of benzene rings is 2. The summed E-state index contributed by atoms with van der Waals surface area (Å²) in [5.74, 6) is -0.548. The molecule has 1 N–H and O–H groups in total. The molecule has 0 saturated carbocycles. The normalized spacial score (nSPS) is 21.9. The smallest absolute Gasteiger partial charge is 0.257 e. The van der Waals surface area contributed by atoms with E-state index in [0.29, 0.717) is 43.6 Å². The lowest BCUT2D eigenvalue weighted by Gasteiger charge is -2.48. The second-order valence-electron chi connectivity index (χ2n) is 10.0. The third-order valence-electron chi connectivity index (χ3n) is 7.64. The summed E-state index contributed by atoms with van der Waals surface area (Å²) < 4.78 is 0. The first kappa shape index (κ1) is 24.0. The number of carbonyl (C=O) groups excluding carboxylic acids is 4. The zero-order valence-electron chi connectivity index (χ0n) is 20.6. The molecule has 4 amide bonds. The van der Waals surface area contributed by atoms with Gasteiger partial charge in [-0.05, 0) is 43.9 Å². The molecule has 0 aliphatic carbocycles. The Balaban J connectivity index is 1.31.